The van der Waals surface area contributed by atoms with Crippen LogP contribution in [0.2, 0.25) is 0 Å². The van der Waals surface area contributed by atoms with Crippen molar-refractivity contribution in [2.24, 2.45) is 11.7 Å². The largest absolute Gasteiger partial charge is 0.454 e. The molecule has 0 aromatic heterocycles. The molecule has 1 aromatic rings. The quantitative estimate of drug-likeness (QED) is 0.819. The lowest BCUT2D eigenvalue weighted by Crippen LogP contribution is -2.14. The van der Waals surface area contributed by atoms with E-state index in [2.05, 4.69) is 12.1 Å². The summed E-state index contributed by atoms with van der Waals surface area (Å²) in [5, 5.41) is 0. The van der Waals surface area contributed by atoms with Crippen molar-refractivity contribution in [2.45, 2.75) is 18.8 Å². The molecule has 3 heteroatoms. The molecule has 1 aromatic carbocycles. The molecule has 3 nitrogen and oxygen atoms in total. The fraction of sp³-hybridized carbons (Fsp3) is 0.500. The van der Waals surface area contributed by atoms with Gasteiger partial charge in [0.2, 0.25) is 6.79 Å². The van der Waals surface area contributed by atoms with E-state index in [0.717, 1.165) is 24.0 Å². The Hall–Kier alpha value is -1.22. The molecule has 2 aliphatic rings. The minimum atomic E-state index is 0.343. The molecule has 1 fully saturated rings. The SMILES string of the molecule is NCC(c1ccc2c(c1)OCO2)C1CC1. The van der Waals surface area contributed by atoms with E-state index in [0.29, 0.717) is 12.7 Å². The van der Waals surface area contributed by atoms with E-state index in [-0.39, 0.29) is 0 Å². The summed E-state index contributed by atoms with van der Waals surface area (Å²) in [5.74, 6) is 3.01. The maximum atomic E-state index is 5.82. The van der Waals surface area contributed by atoms with E-state index in [1.54, 1.807) is 0 Å². The highest BCUT2D eigenvalue weighted by Gasteiger charge is 2.32. The summed E-state index contributed by atoms with van der Waals surface area (Å²) in [5.41, 5.74) is 7.11. The molecular weight excluding hydrogens is 190 g/mol. The van der Waals surface area contributed by atoms with Gasteiger partial charge in [0.15, 0.2) is 11.5 Å². The topological polar surface area (TPSA) is 44.5 Å². The standard InChI is InChI=1S/C12H15NO2/c13-6-10(8-1-2-8)9-3-4-11-12(5-9)15-7-14-11/h3-5,8,10H,1-2,6-7,13H2. The van der Waals surface area contributed by atoms with Crippen molar-refractivity contribution >= 4 is 0 Å². The third kappa shape index (κ3) is 1.57. The minimum Gasteiger partial charge on any atom is -0.454 e. The fourth-order valence-electron chi connectivity index (χ4n) is 2.24. The third-order valence-corrected chi connectivity index (χ3v) is 3.27. The number of fused-ring (bicyclic) bond motifs is 1. The molecule has 15 heavy (non-hydrogen) atoms. The number of rotatable bonds is 3. The van der Waals surface area contributed by atoms with Crippen molar-refractivity contribution in [1.29, 1.82) is 0 Å². The van der Waals surface area contributed by atoms with Gasteiger partial charge in [-0.1, -0.05) is 6.07 Å². The summed E-state index contributed by atoms with van der Waals surface area (Å²) >= 11 is 0. The van der Waals surface area contributed by atoms with Crippen molar-refractivity contribution in [1.82, 2.24) is 0 Å². The van der Waals surface area contributed by atoms with Crippen molar-refractivity contribution in [2.75, 3.05) is 13.3 Å². The molecule has 2 N–H and O–H groups in total. The Labute approximate surface area is 89.2 Å². The number of benzene rings is 1. The van der Waals surface area contributed by atoms with Crippen LogP contribution >= 0.6 is 0 Å². The summed E-state index contributed by atoms with van der Waals surface area (Å²) in [4.78, 5) is 0. The lowest BCUT2D eigenvalue weighted by atomic mass is 9.94. The first-order valence-electron chi connectivity index (χ1n) is 5.48. The number of ether oxygens (including phenoxy) is 2. The van der Waals surface area contributed by atoms with Gasteiger partial charge in [0.05, 0.1) is 0 Å². The lowest BCUT2D eigenvalue weighted by molar-refractivity contribution is 0.174. The van der Waals surface area contributed by atoms with Crippen LogP contribution in [0.3, 0.4) is 0 Å². The number of hydrogen-bond donors (Lipinski definition) is 1. The van der Waals surface area contributed by atoms with Crippen LogP contribution in [0.25, 0.3) is 0 Å². The Kier molecular flexibility index (Phi) is 2.06. The lowest BCUT2D eigenvalue weighted by Gasteiger charge is -2.14. The van der Waals surface area contributed by atoms with E-state index in [4.69, 9.17) is 15.2 Å². The van der Waals surface area contributed by atoms with Crippen LogP contribution in [-0.2, 0) is 0 Å². The van der Waals surface area contributed by atoms with E-state index >= 15 is 0 Å². The van der Waals surface area contributed by atoms with Gasteiger partial charge >= 0.3 is 0 Å². The summed E-state index contributed by atoms with van der Waals surface area (Å²) in [6.45, 7) is 1.07. The molecule has 0 amide bonds. The van der Waals surface area contributed by atoms with Gasteiger partial charge in [-0.15, -0.1) is 0 Å². The average molecular weight is 205 g/mol. The first-order valence-corrected chi connectivity index (χ1v) is 5.48. The monoisotopic (exact) mass is 205 g/mol. The molecule has 1 unspecified atom stereocenters. The molecule has 0 radical (unpaired) electrons. The zero-order valence-electron chi connectivity index (χ0n) is 8.61. The van der Waals surface area contributed by atoms with Gasteiger partial charge in [-0.05, 0) is 48.9 Å². The van der Waals surface area contributed by atoms with Crippen molar-refractivity contribution < 1.29 is 9.47 Å². The third-order valence-electron chi connectivity index (χ3n) is 3.27. The number of hydrogen-bond acceptors (Lipinski definition) is 3. The van der Waals surface area contributed by atoms with Gasteiger partial charge in [0.25, 0.3) is 0 Å². The summed E-state index contributed by atoms with van der Waals surface area (Å²) in [7, 11) is 0. The molecule has 80 valence electrons. The Morgan fingerprint density at radius 2 is 2.07 bits per heavy atom. The van der Waals surface area contributed by atoms with E-state index in [9.17, 15) is 0 Å². The first kappa shape index (κ1) is 9.04. The van der Waals surface area contributed by atoms with Crippen LogP contribution in [0.5, 0.6) is 11.5 Å². The average Bonchev–Trinajstić information content (AvgIpc) is 2.97. The van der Waals surface area contributed by atoms with Crippen molar-refractivity contribution in [3.63, 3.8) is 0 Å². The smallest absolute Gasteiger partial charge is 0.231 e. The summed E-state index contributed by atoms with van der Waals surface area (Å²) < 4.78 is 10.7. The van der Waals surface area contributed by atoms with Gasteiger partial charge in [-0.25, -0.2) is 0 Å². The predicted molar refractivity (Wildman–Crippen MR) is 57.1 cm³/mol. The van der Waals surface area contributed by atoms with Gasteiger partial charge in [0.1, 0.15) is 0 Å². The Morgan fingerprint density at radius 3 is 2.80 bits per heavy atom. The van der Waals surface area contributed by atoms with Crippen LogP contribution in [0.4, 0.5) is 0 Å². The molecule has 0 bridgehead atoms. The molecule has 1 heterocycles. The molecule has 1 saturated carbocycles. The van der Waals surface area contributed by atoms with Gasteiger partial charge in [0, 0.05) is 0 Å². The number of nitrogens with two attached hydrogens (primary N) is 1. The predicted octanol–water partition coefficient (Wildman–Crippen LogP) is 1.87. The molecule has 0 saturated heterocycles. The molecule has 1 atom stereocenters. The van der Waals surface area contributed by atoms with E-state index in [1.165, 1.54) is 18.4 Å². The molecule has 3 rings (SSSR count). The highest BCUT2D eigenvalue weighted by molar-refractivity contribution is 5.45. The molecule has 1 aliphatic carbocycles. The zero-order chi connectivity index (χ0) is 10.3. The maximum Gasteiger partial charge on any atom is 0.231 e. The first-order chi connectivity index (χ1) is 7.38. The highest BCUT2D eigenvalue weighted by Crippen LogP contribution is 2.44. The zero-order valence-corrected chi connectivity index (χ0v) is 8.61. The van der Waals surface area contributed by atoms with Gasteiger partial charge < -0.3 is 15.2 Å². The van der Waals surface area contributed by atoms with Gasteiger partial charge in [-0.2, -0.15) is 0 Å². The molecular formula is C12H15NO2. The van der Waals surface area contributed by atoms with Crippen LogP contribution < -0.4 is 15.2 Å². The highest BCUT2D eigenvalue weighted by atomic mass is 16.7. The van der Waals surface area contributed by atoms with Crippen LogP contribution in [0.15, 0.2) is 18.2 Å². The minimum absolute atomic E-state index is 0.343. The van der Waals surface area contributed by atoms with E-state index in [1.807, 2.05) is 6.07 Å². The van der Waals surface area contributed by atoms with Crippen LogP contribution in [0, 0.1) is 5.92 Å². The van der Waals surface area contributed by atoms with E-state index < -0.39 is 0 Å². The second kappa shape index (κ2) is 3.42. The van der Waals surface area contributed by atoms with Crippen molar-refractivity contribution in [3.8, 4) is 11.5 Å². The summed E-state index contributed by atoms with van der Waals surface area (Å²) in [6.07, 6.45) is 2.63. The molecule has 1 aliphatic heterocycles. The van der Waals surface area contributed by atoms with Crippen molar-refractivity contribution in [3.05, 3.63) is 23.8 Å². The maximum absolute atomic E-state index is 5.82. The second-order valence-corrected chi connectivity index (χ2v) is 4.29. The molecule has 0 spiro atoms. The Morgan fingerprint density at radius 1 is 1.27 bits per heavy atom. The Balaban J connectivity index is 1.90. The normalized spacial score (nSPS) is 20.3. The van der Waals surface area contributed by atoms with Crippen LogP contribution in [0.1, 0.15) is 24.3 Å². The fourth-order valence-corrected chi connectivity index (χ4v) is 2.24. The Bertz CT molecular complexity index is 374. The van der Waals surface area contributed by atoms with Gasteiger partial charge in [-0.3, -0.25) is 0 Å². The van der Waals surface area contributed by atoms with Crippen LogP contribution in [-0.4, -0.2) is 13.3 Å². The second-order valence-electron chi connectivity index (χ2n) is 4.29. The summed E-state index contributed by atoms with van der Waals surface area (Å²) in [6, 6.07) is 6.18.